The van der Waals surface area contributed by atoms with Gasteiger partial charge in [-0.05, 0) is 39.9 Å². The Morgan fingerprint density at radius 3 is 2.23 bits per heavy atom. The number of hydrogen-bond donors (Lipinski definition) is 0. The molecule has 3 aromatic heterocycles. The van der Waals surface area contributed by atoms with Crippen LogP contribution in [0.5, 0.6) is 0 Å². The third-order valence-electron chi connectivity index (χ3n) is 7.96. The Labute approximate surface area is 303 Å². The van der Waals surface area contributed by atoms with Crippen LogP contribution in [0.1, 0.15) is 40.0 Å². The molecule has 1 radical (unpaired) electrons. The average molecular weight is 860 g/mol. The van der Waals surface area contributed by atoms with Crippen LogP contribution < -0.4 is 4.40 Å². The first-order valence-electron chi connectivity index (χ1n) is 18.7. The van der Waals surface area contributed by atoms with E-state index in [9.17, 15) is 0 Å². The van der Waals surface area contributed by atoms with Crippen molar-refractivity contribution in [2.75, 3.05) is 0 Å². The molecule has 0 aliphatic rings. The Morgan fingerprint density at radius 2 is 1.53 bits per heavy atom. The van der Waals surface area contributed by atoms with Crippen LogP contribution in [0.4, 0.5) is 0 Å². The van der Waals surface area contributed by atoms with Crippen molar-refractivity contribution in [3.8, 4) is 33.6 Å². The SMILES string of the molecule is Cc1cc(-c2[c-]cccc2)nc[c]1[Ge]([CH3])([CH3])[CH3].[2H]C([2H])C(c1ccnc(-c2[c-]ccc3c2oc2cc(-c4ccccc4)ccc23)c1)(C([2H])[2H])C([2H])[2H].[Ir]. The largest absolute Gasteiger partial charge is 0.501 e. The van der Waals surface area contributed by atoms with Gasteiger partial charge in [0.2, 0.25) is 0 Å². The molecule has 0 fully saturated rings. The number of aromatic nitrogens is 2. The van der Waals surface area contributed by atoms with Gasteiger partial charge in [0.25, 0.3) is 0 Å². The molecule has 3 nitrogen and oxygen atoms in total. The number of nitrogens with zero attached hydrogens (tertiary/aromatic N) is 2. The predicted octanol–water partition coefficient (Wildman–Crippen LogP) is 10.8. The molecule has 0 N–H and O–H groups in total. The van der Waals surface area contributed by atoms with Crippen molar-refractivity contribution in [2.24, 2.45) is 0 Å². The molecular formula is C42H40GeIrN2O-2. The number of rotatable bonds is 4. The minimum atomic E-state index is -1.94. The summed E-state index contributed by atoms with van der Waals surface area (Å²) in [6.07, 6.45) is 3.53. The first-order valence-corrected chi connectivity index (χ1v) is 22.5. The molecule has 0 saturated carbocycles. The second-order valence-electron chi connectivity index (χ2n) is 12.5. The molecule has 0 spiro atoms. The summed E-state index contributed by atoms with van der Waals surface area (Å²) in [5.41, 5.74) is 6.10. The van der Waals surface area contributed by atoms with Gasteiger partial charge in [-0.2, -0.15) is 0 Å². The van der Waals surface area contributed by atoms with E-state index in [1.165, 1.54) is 22.2 Å². The summed E-state index contributed by atoms with van der Waals surface area (Å²) in [7, 11) is 0. The van der Waals surface area contributed by atoms with Crippen LogP contribution >= 0.6 is 0 Å². The number of hydrogen-bond acceptors (Lipinski definition) is 3. The maximum Gasteiger partial charge on any atom is 0.121 e. The maximum absolute atomic E-state index is 7.99. The van der Waals surface area contributed by atoms with Crippen LogP contribution in [0, 0.1) is 19.1 Å². The summed E-state index contributed by atoms with van der Waals surface area (Å²) >= 11 is -1.77. The second-order valence-corrected chi connectivity index (χ2v) is 23.1. The Bertz CT molecular complexity index is 2290. The molecule has 0 aliphatic heterocycles. The van der Waals surface area contributed by atoms with Gasteiger partial charge in [0.1, 0.15) is 5.58 Å². The van der Waals surface area contributed by atoms with Crippen molar-refractivity contribution in [3.63, 3.8) is 0 Å². The summed E-state index contributed by atoms with van der Waals surface area (Å²) in [5, 5.41) is 1.82. The van der Waals surface area contributed by atoms with Crippen LogP contribution in [0.25, 0.3) is 55.6 Å². The molecule has 0 atom stereocenters. The molecule has 0 saturated heterocycles. The Hall–Kier alpha value is -3.83. The van der Waals surface area contributed by atoms with Gasteiger partial charge in [0.15, 0.2) is 0 Å². The monoisotopic (exact) mass is 861 g/mol. The Kier molecular flexibility index (Phi) is 8.15. The van der Waals surface area contributed by atoms with Crippen LogP contribution in [0.3, 0.4) is 0 Å². The molecule has 47 heavy (non-hydrogen) atoms. The fraction of sp³-hybridized carbons (Fsp3) is 0.190. The topological polar surface area (TPSA) is 38.9 Å². The zero-order valence-electron chi connectivity index (χ0n) is 32.8. The third-order valence-corrected chi connectivity index (χ3v) is 12.4. The van der Waals surface area contributed by atoms with E-state index in [1.807, 2.05) is 72.8 Å². The van der Waals surface area contributed by atoms with Crippen molar-refractivity contribution >= 4 is 39.6 Å². The maximum atomic E-state index is 7.99. The summed E-state index contributed by atoms with van der Waals surface area (Å²) in [6.45, 7) is -3.06. The van der Waals surface area contributed by atoms with E-state index in [2.05, 4.69) is 64.6 Å². The quantitative estimate of drug-likeness (QED) is 0.131. The van der Waals surface area contributed by atoms with Gasteiger partial charge in [-0.3, -0.25) is 0 Å². The molecule has 0 unspecified atom stereocenters. The van der Waals surface area contributed by atoms with Crippen LogP contribution in [0.2, 0.25) is 17.3 Å². The van der Waals surface area contributed by atoms with Crippen molar-refractivity contribution < 1.29 is 32.7 Å². The van der Waals surface area contributed by atoms with E-state index in [1.54, 1.807) is 12.1 Å². The number of fused-ring (bicyclic) bond motifs is 3. The zero-order valence-corrected chi connectivity index (χ0v) is 31.3. The Balaban J connectivity index is 0.000000253. The van der Waals surface area contributed by atoms with Gasteiger partial charge < -0.3 is 9.40 Å². The minimum Gasteiger partial charge on any atom is -0.501 e. The standard InChI is InChI=1S/C27H22NO.C15H18GeN.Ir/c1-27(2,3)20-14-15-28-24(17-20)23-11-7-10-22-21-13-12-19(16-25(21)29-26(22)23)18-8-5-4-6-9-18;1-12-10-15(13-8-6-5-7-9-13)17-11-14(12)16(2,3)4;/h4-10,12-17H,1-3H3;5-8,10-11H,1-4H3;/q2*-1;/i1D2,2D2,3D2;;. The zero-order chi connectivity index (χ0) is 37.2. The van der Waals surface area contributed by atoms with Crippen LogP contribution in [0.15, 0.2) is 120 Å². The smallest absolute Gasteiger partial charge is 0.121 e. The molecule has 239 valence electrons. The van der Waals surface area contributed by atoms with E-state index < -0.39 is 39.3 Å². The molecule has 7 aromatic rings. The van der Waals surface area contributed by atoms with Gasteiger partial charge in [0.05, 0.1) is 5.58 Å². The van der Waals surface area contributed by atoms with Crippen LogP contribution in [-0.4, -0.2) is 23.2 Å². The van der Waals surface area contributed by atoms with Crippen molar-refractivity contribution in [3.05, 3.63) is 139 Å². The third kappa shape index (κ3) is 7.67. The summed E-state index contributed by atoms with van der Waals surface area (Å²) in [5.74, 6) is 7.20. The van der Waals surface area contributed by atoms with Gasteiger partial charge in [-0.15, -0.1) is 18.2 Å². The first-order chi connectivity index (χ1) is 24.8. The number of pyridine rings is 2. The minimum absolute atomic E-state index is 0. The Morgan fingerprint density at radius 1 is 0.745 bits per heavy atom. The van der Waals surface area contributed by atoms with Crippen molar-refractivity contribution in [1.82, 2.24) is 9.97 Å². The first kappa shape index (κ1) is 27.2. The molecule has 0 aliphatic carbocycles. The normalized spacial score (nSPS) is 13.6. The molecule has 0 bridgehead atoms. The van der Waals surface area contributed by atoms with Crippen molar-refractivity contribution in [2.45, 2.75) is 50.2 Å². The number of aryl methyl sites for hydroxylation is 1. The van der Waals surface area contributed by atoms with Gasteiger partial charge in [-0.1, -0.05) is 80.1 Å². The molecule has 4 aromatic carbocycles. The van der Waals surface area contributed by atoms with E-state index in [0.717, 1.165) is 33.2 Å². The fourth-order valence-electron chi connectivity index (χ4n) is 5.62. The van der Waals surface area contributed by atoms with Crippen LogP contribution in [-0.2, 0) is 25.5 Å². The summed E-state index contributed by atoms with van der Waals surface area (Å²) in [6, 6.07) is 39.4. The van der Waals surface area contributed by atoms with E-state index >= 15 is 0 Å². The van der Waals surface area contributed by atoms with Gasteiger partial charge in [0, 0.05) is 39.9 Å². The molecule has 5 heteroatoms. The average Bonchev–Trinajstić information content (AvgIpc) is 3.50. The van der Waals surface area contributed by atoms with E-state index in [0.29, 0.717) is 22.4 Å². The van der Waals surface area contributed by atoms with E-state index in [-0.39, 0.29) is 25.7 Å². The van der Waals surface area contributed by atoms with Crippen molar-refractivity contribution in [1.29, 1.82) is 0 Å². The molecule has 7 rings (SSSR count). The number of furan rings is 1. The van der Waals surface area contributed by atoms with Gasteiger partial charge in [-0.25, -0.2) is 0 Å². The second kappa shape index (κ2) is 14.1. The predicted molar refractivity (Wildman–Crippen MR) is 196 cm³/mol. The molecule has 0 amide bonds. The van der Waals surface area contributed by atoms with E-state index in [4.69, 9.17) is 12.6 Å². The fourth-order valence-corrected chi connectivity index (χ4v) is 9.20. The van der Waals surface area contributed by atoms with Gasteiger partial charge >= 0.3 is 106 Å². The molecule has 3 heterocycles. The molecular weight excluding hydrogens is 813 g/mol. The summed E-state index contributed by atoms with van der Waals surface area (Å²) in [4.78, 5) is 9.02. The summed E-state index contributed by atoms with van der Waals surface area (Å²) < 4.78 is 55.7. The number of benzene rings is 4.